The molecular weight excluding hydrogens is 484 g/mol. The maximum absolute atomic E-state index is 13.7. The number of hydrogen-bond donors (Lipinski definition) is 2. The summed E-state index contributed by atoms with van der Waals surface area (Å²) < 4.78 is 32.3. The largest absolute Gasteiger partial charge is 0.465 e. The third-order valence-electron chi connectivity index (χ3n) is 6.20. The van der Waals surface area contributed by atoms with E-state index < -0.39 is 22.2 Å². The van der Waals surface area contributed by atoms with E-state index >= 15 is 0 Å². The summed E-state index contributed by atoms with van der Waals surface area (Å²) in [6.07, 6.45) is 5.91. The minimum absolute atomic E-state index is 0.0639. The molecule has 3 heterocycles. The molecule has 0 saturated heterocycles. The van der Waals surface area contributed by atoms with Gasteiger partial charge in [0.1, 0.15) is 0 Å². The molecule has 1 amide bonds. The summed E-state index contributed by atoms with van der Waals surface area (Å²) in [6, 6.07) is 7.16. The second-order valence-corrected chi connectivity index (χ2v) is 10.6. The third kappa shape index (κ3) is 5.34. The van der Waals surface area contributed by atoms with Gasteiger partial charge < -0.3 is 24.5 Å². The van der Waals surface area contributed by atoms with Gasteiger partial charge in [-0.3, -0.25) is 0 Å². The molecule has 0 bridgehead atoms. The highest BCUT2D eigenvalue weighted by molar-refractivity contribution is 7.89. The van der Waals surface area contributed by atoms with E-state index in [-0.39, 0.29) is 18.1 Å². The van der Waals surface area contributed by atoms with Crippen molar-refractivity contribution in [3.8, 4) is 6.07 Å². The number of aromatic nitrogens is 4. The van der Waals surface area contributed by atoms with Gasteiger partial charge in [0.15, 0.2) is 5.03 Å². The number of carbonyl (C=O) groups is 1. The molecule has 2 aromatic heterocycles. The van der Waals surface area contributed by atoms with E-state index in [1.54, 1.807) is 36.3 Å². The number of nitriles is 1. The number of nitrogens with zero attached hydrogens (tertiary/aromatic N) is 7. The SMILES string of the molecule is Cn1cnc(S(=O)(=O)N(CCCNC(=O)O)C2Cc3cc(C#N)ccc3N(Cc3cncn3C)C2)c1. The van der Waals surface area contributed by atoms with Crippen molar-refractivity contribution in [1.82, 2.24) is 28.7 Å². The van der Waals surface area contributed by atoms with Crippen molar-refractivity contribution in [3.05, 3.63) is 60.1 Å². The first-order valence-corrected chi connectivity index (χ1v) is 12.8. The zero-order valence-corrected chi connectivity index (χ0v) is 20.9. The number of aryl methyl sites for hydroxylation is 2. The minimum atomic E-state index is -3.98. The van der Waals surface area contributed by atoms with Gasteiger partial charge in [-0.2, -0.15) is 9.57 Å². The molecule has 2 N–H and O–H groups in total. The molecule has 36 heavy (non-hydrogen) atoms. The van der Waals surface area contributed by atoms with Gasteiger partial charge >= 0.3 is 6.09 Å². The summed E-state index contributed by atoms with van der Waals surface area (Å²) in [7, 11) is -0.378. The summed E-state index contributed by atoms with van der Waals surface area (Å²) >= 11 is 0. The summed E-state index contributed by atoms with van der Waals surface area (Å²) in [6.45, 7) is 1.13. The number of hydrogen-bond acceptors (Lipinski definition) is 7. The molecule has 3 aromatic rings. The Hall–Kier alpha value is -3.89. The summed E-state index contributed by atoms with van der Waals surface area (Å²) in [5.74, 6) is 0. The van der Waals surface area contributed by atoms with Crippen molar-refractivity contribution in [2.75, 3.05) is 24.5 Å². The van der Waals surface area contributed by atoms with Gasteiger partial charge in [-0.1, -0.05) is 0 Å². The number of anilines is 1. The fraction of sp³-hybridized carbons (Fsp3) is 0.391. The molecule has 1 aromatic carbocycles. The number of carboxylic acid groups (broad SMARTS) is 1. The van der Waals surface area contributed by atoms with Gasteiger partial charge in [-0.05, 0) is 36.6 Å². The fourth-order valence-electron chi connectivity index (χ4n) is 4.44. The maximum Gasteiger partial charge on any atom is 0.404 e. The average molecular weight is 513 g/mol. The van der Waals surface area contributed by atoms with Crippen LogP contribution in [0.25, 0.3) is 0 Å². The second kappa shape index (κ2) is 10.4. The minimum Gasteiger partial charge on any atom is -0.465 e. The first-order chi connectivity index (χ1) is 17.2. The molecular formula is C23H28N8O4S. The predicted octanol–water partition coefficient (Wildman–Crippen LogP) is 1.31. The van der Waals surface area contributed by atoms with E-state index in [9.17, 15) is 18.5 Å². The summed E-state index contributed by atoms with van der Waals surface area (Å²) in [5.41, 5.74) is 3.27. The van der Waals surface area contributed by atoms with E-state index in [1.165, 1.54) is 16.8 Å². The molecule has 13 heteroatoms. The Kier molecular flexibility index (Phi) is 7.27. The quantitative estimate of drug-likeness (QED) is 0.408. The molecule has 0 saturated carbocycles. The molecule has 1 aliphatic heterocycles. The first-order valence-electron chi connectivity index (χ1n) is 11.4. The molecule has 4 rings (SSSR count). The van der Waals surface area contributed by atoms with Crippen LogP contribution < -0.4 is 10.2 Å². The van der Waals surface area contributed by atoms with E-state index in [1.807, 2.05) is 17.7 Å². The van der Waals surface area contributed by atoms with Crippen LogP contribution in [0.5, 0.6) is 0 Å². The van der Waals surface area contributed by atoms with E-state index in [2.05, 4.69) is 26.3 Å². The molecule has 1 atom stereocenters. The Balaban J connectivity index is 1.70. The molecule has 0 aliphatic carbocycles. The zero-order chi connectivity index (χ0) is 25.9. The van der Waals surface area contributed by atoms with Crippen LogP contribution in [-0.4, -0.2) is 68.7 Å². The van der Waals surface area contributed by atoms with E-state index in [0.29, 0.717) is 31.5 Å². The number of rotatable bonds is 9. The van der Waals surface area contributed by atoms with Gasteiger partial charge in [0, 0.05) is 57.9 Å². The van der Waals surface area contributed by atoms with Crippen molar-refractivity contribution >= 4 is 21.8 Å². The standard InChI is InChI=1S/C23H28N8O4S/c1-28-14-22(27-16-28)36(34,35)31(7-3-6-26-23(32)33)19-9-18-8-17(10-24)4-5-21(18)30(12-19)13-20-11-25-15-29(20)2/h4-5,8,11,14-16,19,26H,3,6-7,9,12-13H2,1-2H3,(H,32,33). The fourth-order valence-corrected chi connectivity index (χ4v) is 6.07. The van der Waals surface area contributed by atoms with Crippen molar-refractivity contribution in [2.45, 2.75) is 30.5 Å². The Morgan fingerprint density at radius 3 is 2.78 bits per heavy atom. The van der Waals surface area contributed by atoms with Gasteiger partial charge in [0.05, 0.1) is 36.5 Å². The Labute approximate surface area is 209 Å². The lowest BCUT2D eigenvalue weighted by molar-refractivity contribution is 0.194. The smallest absolute Gasteiger partial charge is 0.404 e. The molecule has 190 valence electrons. The molecule has 0 spiro atoms. The maximum atomic E-state index is 13.7. The third-order valence-corrected chi connectivity index (χ3v) is 8.04. The van der Waals surface area contributed by atoms with Crippen LogP contribution in [0.3, 0.4) is 0 Å². The number of fused-ring (bicyclic) bond motifs is 1. The van der Waals surface area contributed by atoms with Gasteiger partial charge in [-0.15, -0.1) is 0 Å². The average Bonchev–Trinajstić information content (AvgIpc) is 3.46. The molecule has 0 fully saturated rings. The lowest BCUT2D eigenvalue weighted by Crippen LogP contribution is -2.51. The number of benzene rings is 1. The van der Waals surface area contributed by atoms with Crippen LogP contribution >= 0.6 is 0 Å². The van der Waals surface area contributed by atoms with E-state index in [4.69, 9.17) is 5.11 Å². The van der Waals surface area contributed by atoms with Crippen molar-refractivity contribution in [2.24, 2.45) is 14.1 Å². The predicted molar refractivity (Wildman–Crippen MR) is 131 cm³/mol. The number of nitrogens with one attached hydrogen (secondary N) is 1. The number of sulfonamides is 1. The lowest BCUT2D eigenvalue weighted by Gasteiger charge is -2.40. The van der Waals surface area contributed by atoms with Crippen LogP contribution in [0.4, 0.5) is 10.5 Å². The zero-order valence-electron chi connectivity index (χ0n) is 20.1. The highest BCUT2D eigenvalue weighted by atomic mass is 32.2. The monoisotopic (exact) mass is 512 g/mol. The van der Waals surface area contributed by atoms with Crippen LogP contribution in [0.15, 0.2) is 48.3 Å². The second-order valence-electron chi connectivity index (χ2n) is 8.77. The molecule has 0 radical (unpaired) electrons. The van der Waals surface area contributed by atoms with Crippen LogP contribution in [-0.2, 0) is 37.1 Å². The van der Waals surface area contributed by atoms with Crippen LogP contribution in [0, 0.1) is 11.3 Å². The van der Waals surface area contributed by atoms with Crippen molar-refractivity contribution in [3.63, 3.8) is 0 Å². The van der Waals surface area contributed by atoms with Crippen LogP contribution in [0.1, 0.15) is 23.2 Å². The Bertz CT molecular complexity index is 1390. The van der Waals surface area contributed by atoms with Gasteiger partial charge in [0.2, 0.25) is 0 Å². The van der Waals surface area contributed by atoms with Crippen molar-refractivity contribution < 1.29 is 18.3 Å². The molecule has 12 nitrogen and oxygen atoms in total. The Morgan fingerprint density at radius 2 is 2.14 bits per heavy atom. The highest BCUT2D eigenvalue weighted by Crippen LogP contribution is 2.33. The topological polar surface area (TPSA) is 149 Å². The summed E-state index contributed by atoms with van der Waals surface area (Å²) in [5, 5.41) is 20.6. The molecule has 1 aliphatic rings. The van der Waals surface area contributed by atoms with Crippen molar-refractivity contribution in [1.29, 1.82) is 5.26 Å². The van der Waals surface area contributed by atoms with Gasteiger partial charge in [-0.25, -0.2) is 23.2 Å². The van der Waals surface area contributed by atoms with E-state index in [0.717, 1.165) is 16.9 Å². The Morgan fingerprint density at radius 1 is 1.33 bits per heavy atom. The number of amides is 1. The van der Waals surface area contributed by atoms with Crippen LogP contribution in [0.2, 0.25) is 0 Å². The summed E-state index contributed by atoms with van der Waals surface area (Å²) in [4.78, 5) is 21.3. The first kappa shape index (κ1) is 25.2. The molecule has 1 unspecified atom stereocenters. The normalized spacial score (nSPS) is 15.5. The highest BCUT2D eigenvalue weighted by Gasteiger charge is 2.37. The van der Waals surface area contributed by atoms with Gasteiger partial charge in [0.25, 0.3) is 10.0 Å². The number of imidazole rings is 2. The lowest BCUT2D eigenvalue weighted by atomic mass is 9.95.